The fourth-order valence-corrected chi connectivity index (χ4v) is 2.38. The van der Waals surface area contributed by atoms with Crippen LogP contribution >= 0.6 is 0 Å². The van der Waals surface area contributed by atoms with E-state index in [2.05, 4.69) is 17.4 Å². The van der Waals surface area contributed by atoms with Crippen LogP contribution in [0.2, 0.25) is 0 Å². The Labute approximate surface area is 108 Å². The van der Waals surface area contributed by atoms with E-state index in [1.165, 1.54) is 19.1 Å². The Morgan fingerprint density at radius 2 is 2.50 bits per heavy atom. The van der Waals surface area contributed by atoms with E-state index in [0.29, 0.717) is 11.7 Å². The molecule has 100 valence electrons. The van der Waals surface area contributed by atoms with Crippen molar-refractivity contribution in [1.29, 1.82) is 0 Å². The van der Waals surface area contributed by atoms with Crippen LogP contribution in [0.25, 0.3) is 0 Å². The highest BCUT2D eigenvalue weighted by Crippen LogP contribution is 2.11. The normalized spacial score (nSPS) is 19.7. The zero-order chi connectivity index (χ0) is 12.8. The number of amides is 1. The second-order valence-electron chi connectivity index (χ2n) is 4.78. The number of carbonyl (C=O) groups excluding carboxylic acids is 1. The van der Waals surface area contributed by atoms with Crippen molar-refractivity contribution in [3.8, 4) is 0 Å². The van der Waals surface area contributed by atoms with E-state index < -0.39 is 0 Å². The zero-order valence-electron chi connectivity index (χ0n) is 10.9. The van der Waals surface area contributed by atoms with Crippen molar-refractivity contribution in [2.45, 2.75) is 38.6 Å². The molecule has 1 aliphatic heterocycles. The molecule has 0 saturated carbocycles. The van der Waals surface area contributed by atoms with Gasteiger partial charge < -0.3 is 14.7 Å². The second-order valence-corrected chi connectivity index (χ2v) is 4.78. The minimum absolute atomic E-state index is 0.0297. The Balaban J connectivity index is 1.96. The predicted molar refractivity (Wildman–Crippen MR) is 68.3 cm³/mol. The lowest BCUT2D eigenvalue weighted by Gasteiger charge is -2.30. The summed E-state index contributed by atoms with van der Waals surface area (Å²) < 4.78 is 4.74. The molecule has 1 aromatic heterocycles. The standard InChI is InChI=1S/C13H21N3O2/c1-2-8-16(10-11-5-3-4-7-14-11)13(17)12-6-9-18-15-12/h6,9,11,14H,2-5,7-8,10H2,1H3. The van der Waals surface area contributed by atoms with Crippen molar-refractivity contribution in [3.63, 3.8) is 0 Å². The maximum Gasteiger partial charge on any atom is 0.276 e. The van der Waals surface area contributed by atoms with Crippen LogP contribution in [-0.2, 0) is 0 Å². The third-order valence-corrected chi connectivity index (χ3v) is 3.29. The summed E-state index contributed by atoms with van der Waals surface area (Å²) in [7, 11) is 0. The van der Waals surface area contributed by atoms with E-state index in [1.54, 1.807) is 6.07 Å². The number of piperidine rings is 1. The van der Waals surface area contributed by atoms with Crippen molar-refractivity contribution in [3.05, 3.63) is 18.0 Å². The molecule has 5 heteroatoms. The van der Waals surface area contributed by atoms with Gasteiger partial charge in [-0.25, -0.2) is 0 Å². The van der Waals surface area contributed by atoms with E-state index in [-0.39, 0.29) is 5.91 Å². The molecular formula is C13H21N3O2. The topological polar surface area (TPSA) is 58.4 Å². The summed E-state index contributed by atoms with van der Waals surface area (Å²) in [4.78, 5) is 14.1. The Bertz CT molecular complexity index is 358. The molecule has 1 atom stereocenters. The van der Waals surface area contributed by atoms with Gasteiger partial charge in [0.05, 0.1) is 0 Å². The van der Waals surface area contributed by atoms with E-state index in [4.69, 9.17) is 4.52 Å². The Kier molecular flexibility index (Phi) is 4.75. The fourth-order valence-electron chi connectivity index (χ4n) is 2.38. The van der Waals surface area contributed by atoms with Gasteiger partial charge in [-0.05, 0) is 25.8 Å². The number of nitrogens with zero attached hydrogens (tertiary/aromatic N) is 2. The van der Waals surface area contributed by atoms with Gasteiger partial charge in [-0.3, -0.25) is 4.79 Å². The maximum atomic E-state index is 12.2. The molecule has 1 aromatic rings. The van der Waals surface area contributed by atoms with E-state index >= 15 is 0 Å². The van der Waals surface area contributed by atoms with Crippen molar-refractivity contribution in [2.24, 2.45) is 0 Å². The fraction of sp³-hybridized carbons (Fsp3) is 0.692. The van der Waals surface area contributed by atoms with Gasteiger partial charge in [0.2, 0.25) is 0 Å². The van der Waals surface area contributed by atoms with Crippen molar-refractivity contribution >= 4 is 5.91 Å². The van der Waals surface area contributed by atoms with Gasteiger partial charge in [0, 0.05) is 25.2 Å². The van der Waals surface area contributed by atoms with Gasteiger partial charge in [-0.2, -0.15) is 0 Å². The molecule has 2 heterocycles. The largest absolute Gasteiger partial charge is 0.364 e. The third-order valence-electron chi connectivity index (χ3n) is 3.29. The van der Waals surface area contributed by atoms with Gasteiger partial charge in [0.1, 0.15) is 6.26 Å². The molecule has 1 aliphatic rings. The monoisotopic (exact) mass is 251 g/mol. The lowest BCUT2D eigenvalue weighted by atomic mass is 10.0. The molecule has 0 aliphatic carbocycles. The molecule has 18 heavy (non-hydrogen) atoms. The number of hydrogen-bond acceptors (Lipinski definition) is 4. The molecule has 1 N–H and O–H groups in total. The van der Waals surface area contributed by atoms with Crippen LogP contribution in [0.5, 0.6) is 0 Å². The lowest BCUT2D eigenvalue weighted by molar-refractivity contribution is 0.0721. The molecule has 1 unspecified atom stereocenters. The summed E-state index contributed by atoms with van der Waals surface area (Å²) in [5, 5.41) is 7.20. The molecule has 0 bridgehead atoms. The first-order valence-corrected chi connectivity index (χ1v) is 6.74. The highest BCUT2D eigenvalue weighted by Gasteiger charge is 2.22. The van der Waals surface area contributed by atoms with E-state index in [0.717, 1.165) is 32.5 Å². The first-order valence-electron chi connectivity index (χ1n) is 6.74. The summed E-state index contributed by atoms with van der Waals surface area (Å²) in [5.74, 6) is -0.0297. The average molecular weight is 251 g/mol. The van der Waals surface area contributed by atoms with Gasteiger partial charge in [-0.15, -0.1) is 0 Å². The lowest BCUT2D eigenvalue weighted by Crippen LogP contribution is -2.46. The minimum Gasteiger partial charge on any atom is -0.364 e. The van der Waals surface area contributed by atoms with E-state index in [9.17, 15) is 4.79 Å². The van der Waals surface area contributed by atoms with E-state index in [1.807, 2.05) is 4.90 Å². The summed E-state index contributed by atoms with van der Waals surface area (Å²) in [5.41, 5.74) is 0.402. The number of rotatable bonds is 5. The van der Waals surface area contributed by atoms with Crippen LogP contribution in [0.15, 0.2) is 16.9 Å². The summed E-state index contributed by atoms with van der Waals surface area (Å²) in [6, 6.07) is 2.04. The zero-order valence-corrected chi connectivity index (χ0v) is 10.9. The summed E-state index contributed by atoms with van der Waals surface area (Å²) in [6.07, 6.45) is 6.02. The smallest absolute Gasteiger partial charge is 0.276 e. The summed E-state index contributed by atoms with van der Waals surface area (Å²) in [6.45, 7) is 4.67. The van der Waals surface area contributed by atoms with Crippen LogP contribution in [0, 0.1) is 0 Å². The van der Waals surface area contributed by atoms with Crippen LogP contribution in [-0.4, -0.2) is 41.6 Å². The third kappa shape index (κ3) is 3.32. The maximum absolute atomic E-state index is 12.2. The highest BCUT2D eigenvalue weighted by atomic mass is 16.5. The van der Waals surface area contributed by atoms with Crippen LogP contribution < -0.4 is 5.32 Å². The quantitative estimate of drug-likeness (QED) is 0.864. The molecule has 0 spiro atoms. The number of hydrogen-bond donors (Lipinski definition) is 1. The molecule has 0 radical (unpaired) electrons. The Hall–Kier alpha value is -1.36. The van der Waals surface area contributed by atoms with Crippen molar-refractivity contribution in [2.75, 3.05) is 19.6 Å². The first-order chi connectivity index (χ1) is 8.81. The molecular weight excluding hydrogens is 230 g/mol. The molecule has 1 fully saturated rings. The van der Waals surface area contributed by atoms with Gasteiger partial charge >= 0.3 is 0 Å². The second kappa shape index (κ2) is 6.54. The average Bonchev–Trinajstić information content (AvgIpc) is 2.92. The van der Waals surface area contributed by atoms with Crippen molar-refractivity contribution < 1.29 is 9.32 Å². The van der Waals surface area contributed by atoms with Gasteiger partial charge in [0.15, 0.2) is 5.69 Å². The first kappa shape index (κ1) is 13.1. The van der Waals surface area contributed by atoms with Gasteiger partial charge in [0.25, 0.3) is 5.91 Å². The molecule has 5 nitrogen and oxygen atoms in total. The van der Waals surface area contributed by atoms with Crippen LogP contribution in [0.4, 0.5) is 0 Å². The molecule has 2 rings (SSSR count). The molecule has 1 amide bonds. The molecule has 1 saturated heterocycles. The minimum atomic E-state index is -0.0297. The Morgan fingerprint density at radius 1 is 1.61 bits per heavy atom. The van der Waals surface area contributed by atoms with Crippen molar-refractivity contribution in [1.82, 2.24) is 15.4 Å². The summed E-state index contributed by atoms with van der Waals surface area (Å²) >= 11 is 0. The van der Waals surface area contributed by atoms with Gasteiger partial charge in [-0.1, -0.05) is 18.5 Å². The highest BCUT2D eigenvalue weighted by molar-refractivity contribution is 5.92. The number of aromatic nitrogens is 1. The SMILES string of the molecule is CCCN(CC1CCCCN1)C(=O)c1ccon1. The predicted octanol–water partition coefficient (Wildman–Crippen LogP) is 1.67. The number of nitrogens with one attached hydrogen (secondary N) is 1. The Morgan fingerprint density at radius 3 is 3.11 bits per heavy atom. The molecule has 0 aromatic carbocycles. The van der Waals surface area contributed by atoms with Crippen LogP contribution in [0.3, 0.4) is 0 Å². The number of carbonyl (C=O) groups is 1. The van der Waals surface area contributed by atoms with Crippen LogP contribution in [0.1, 0.15) is 43.1 Å².